The molecular weight excluding hydrogens is 408 g/mol. The highest BCUT2D eigenvalue weighted by atomic mass is 19.4. The molecule has 0 amide bonds. The lowest BCUT2D eigenvalue weighted by atomic mass is 9.69. The van der Waals surface area contributed by atoms with Gasteiger partial charge in [-0.2, -0.15) is 26.3 Å². The van der Waals surface area contributed by atoms with E-state index >= 15 is 0 Å². The van der Waals surface area contributed by atoms with E-state index in [9.17, 15) is 31.4 Å². The van der Waals surface area contributed by atoms with Crippen molar-refractivity contribution >= 4 is 0 Å². The summed E-state index contributed by atoms with van der Waals surface area (Å²) in [5.41, 5.74) is -2.58. The average Bonchev–Trinajstić information content (AvgIpc) is 2.71. The molecule has 1 aliphatic rings. The normalized spacial score (nSPS) is 18.2. The van der Waals surface area contributed by atoms with Crippen molar-refractivity contribution in [1.82, 2.24) is 5.32 Å². The molecule has 0 unspecified atom stereocenters. The minimum Gasteiger partial charge on any atom is -0.388 e. The first-order chi connectivity index (χ1) is 14.0. The molecule has 1 atom stereocenters. The third kappa shape index (κ3) is 4.98. The molecule has 3 rings (SSSR count). The zero-order valence-corrected chi connectivity index (χ0v) is 16.2. The van der Waals surface area contributed by atoms with Crippen LogP contribution in [-0.4, -0.2) is 18.2 Å². The molecule has 30 heavy (non-hydrogen) atoms. The van der Waals surface area contributed by atoms with Gasteiger partial charge in [-0.3, -0.25) is 0 Å². The number of hydrogen-bond donors (Lipinski definition) is 2. The van der Waals surface area contributed by atoms with Crippen LogP contribution in [0.15, 0.2) is 48.5 Å². The molecule has 8 heteroatoms. The van der Waals surface area contributed by atoms with E-state index in [1.54, 1.807) is 0 Å². The second-order valence-corrected chi connectivity index (χ2v) is 7.75. The zero-order chi connectivity index (χ0) is 22.0. The predicted octanol–water partition coefficient (Wildman–Crippen LogP) is 5.86. The SMILES string of the molecule is O[C@H](CCC1(c2ccccc2)CCNCC1)c1ccc(C(F)(F)F)cc1C(F)(F)F. The maximum Gasteiger partial charge on any atom is 0.416 e. The quantitative estimate of drug-likeness (QED) is 0.582. The Bertz CT molecular complexity index is 841. The number of rotatable bonds is 5. The van der Waals surface area contributed by atoms with Gasteiger partial charge in [0.15, 0.2) is 0 Å². The van der Waals surface area contributed by atoms with E-state index in [0.29, 0.717) is 12.5 Å². The fraction of sp³-hybridized carbons (Fsp3) is 0.455. The molecule has 2 aromatic carbocycles. The van der Waals surface area contributed by atoms with E-state index < -0.39 is 35.1 Å². The summed E-state index contributed by atoms with van der Waals surface area (Å²) in [4.78, 5) is 0. The lowest BCUT2D eigenvalue weighted by Gasteiger charge is -2.39. The van der Waals surface area contributed by atoms with E-state index in [0.717, 1.165) is 37.6 Å². The second-order valence-electron chi connectivity index (χ2n) is 7.75. The Labute approximate surface area is 170 Å². The lowest BCUT2D eigenvalue weighted by molar-refractivity contribution is -0.144. The molecule has 2 N–H and O–H groups in total. The molecule has 1 heterocycles. The molecule has 0 saturated carbocycles. The third-order valence-electron chi connectivity index (χ3n) is 5.89. The van der Waals surface area contributed by atoms with Crippen molar-refractivity contribution in [2.45, 2.75) is 49.6 Å². The van der Waals surface area contributed by atoms with E-state index in [4.69, 9.17) is 0 Å². The van der Waals surface area contributed by atoms with Gasteiger partial charge < -0.3 is 10.4 Å². The predicted molar refractivity (Wildman–Crippen MR) is 101 cm³/mol. The van der Waals surface area contributed by atoms with Crippen LogP contribution in [0.1, 0.15) is 54.0 Å². The minimum absolute atomic E-state index is 0.0172. The van der Waals surface area contributed by atoms with Gasteiger partial charge in [-0.25, -0.2) is 0 Å². The van der Waals surface area contributed by atoms with Gasteiger partial charge >= 0.3 is 12.4 Å². The molecule has 1 fully saturated rings. The van der Waals surface area contributed by atoms with E-state index in [2.05, 4.69) is 5.32 Å². The number of piperidine rings is 1. The maximum absolute atomic E-state index is 13.4. The molecule has 0 radical (unpaired) electrons. The summed E-state index contributed by atoms with van der Waals surface area (Å²) in [5, 5.41) is 13.8. The standard InChI is InChI=1S/C22H23F6NO/c23-21(24,25)16-6-7-17(18(14-16)22(26,27)28)19(30)8-9-20(10-12-29-13-11-20)15-4-2-1-3-5-15/h1-7,14,19,29-30H,8-13H2/t19-/m1/s1. The number of halogens is 6. The minimum atomic E-state index is -5.00. The van der Waals surface area contributed by atoms with Gasteiger partial charge in [0.1, 0.15) is 0 Å². The Hall–Kier alpha value is -2.06. The average molecular weight is 431 g/mol. The first-order valence-corrected chi connectivity index (χ1v) is 9.76. The van der Waals surface area contributed by atoms with E-state index in [1.807, 2.05) is 30.3 Å². The highest BCUT2D eigenvalue weighted by Crippen LogP contribution is 2.43. The largest absolute Gasteiger partial charge is 0.416 e. The van der Waals surface area contributed by atoms with Crippen LogP contribution in [0.4, 0.5) is 26.3 Å². The summed E-state index contributed by atoms with van der Waals surface area (Å²) in [6.45, 7) is 1.50. The number of aliphatic hydroxyl groups excluding tert-OH is 1. The number of nitrogens with one attached hydrogen (secondary N) is 1. The van der Waals surface area contributed by atoms with Crippen molar-refractivity contribution in [3.8, 4) is 0 Å². The van der Waals surface area contributed by atoms with Gasteiger partial charge in [0.2, 0.25) is 0 Å². The van der Waals surface area contributed by atoms with Crippen molar-refractivity contribution in [2.75, 3.05) is 13.1 Å². The molecule has 2 nitrogen and oxygen atoms in total. The van der Waals surface area contributed by atoms with Crippen LogP contribution < -0.4 is 5.32 Å². The van der Waals surface area contributed by atoms with Gasteiger partial charge in [0.05, 0.1) is 17.2 Å². The Morgan fingerprint density at radius 2 is 1.53 bits per heavy atom. The molecule has 0 bridgehead atoms. The molecular formula is C22H23F6NO. The van der Waals surface area contributed by atoms with Gasteiger partial charge in [-0.15, -0.1) is 0 Å². The molecule has 164 valence electrons. The summed E-state index contributed by atoms with van der Waals surface area (Å²) in [6, 6.07) is 11.0. The zero-order valence-electron chi connectivity index (χ0n) is 16.2. The van der Waals surface area contributed by atoms with Crippen LogP contribution in [0.25, 0.3) is 0 Å². The Kier molecular flexibility index (Phi) is 6.48. The topological polar surface area (TPSA) is 32.3 Å². The highest BCUT2D eigenvalue weighted by Gasteiger charge is 2.40. The summed E-state index contributed by atoms with van der Waals surface area (Å²) in [6.07, 6.45) is -9.42. The molecule has 0 aliphatic carbocycles. The molecule has 1 saturated heterocycles. The molecule has 1 aliphatic heterocycles. The Morgan fingerprint density at radius 1 is 0.900 bits per heavy atom. The van der Waals surface area contributed by atoms with Gasteiger partial charge in [0, 0.05) is 0 Å². The van der Waals surface area contributed by atoms with Gasteiger partial charge in [-0.05, 0) is 67.4 Å². The van der Waals surface area contributed by atoms with Crippen molar-refractivity contribution in [3.05, 3.63) is 70.8 Å². The number of alkyl halides is 6. The van der Waals surface area contributed by atoms with Crippen LogP contribution >= 0.6 is 0 Å². The maximum atomic E-state index is 13.4. The summed E-state index contributed by atoms with van der Waals surface area (Å²) < 4.78 is 78.9. The second kappa shape index (κ2) is 8.59. The summed E-state index contributed by atoms with van der Waals surface area (Å²) in [5.74, 6) is 0. The Balaban J connectivity index is 1.87. The van der Waals surface area contributed by atoms with Crippen LogP contribution in [0.2, 0.25) is 0 Å². The third-order valence-corrected chi connectivity index (χ3v) is 5.89. The van der Waals surface area contributed by atoms with Crippen molar-refractivity contribution < 1.29 is 31.4 Å². The van der Waals surface area contributed by atoms with Crippen LogP contribution in [0, 0.1) is 0 Å². The molecule has 2 aromatic rings. The molecule has 0 aromatic heterocycles. The highest BCUT2D eigenvalue weighted by molar-refractivity contribution is 5.37. The Morgan fingerprint density at radius 3 is 2.10 bits per heavy atom. The fourth-order valence-electron chi connectivity index (χ4n) is 4.22. The number of hydrogen-bond acceptors (Lipinski definition) is 2. The smallest absolute Gasteiger partial charge is 0.388 e. The first kappa shape index (κ1) is 22.6. The van der Waals surface area contributed by atoms with E-state index in [1.165, 1.54) is 0 Å². The fourth-order valence-corrected chi connectivity index (χ4v) is 4.22. The van der Waals surface area contributed by atoms with Crippen LogP contribution in [-0.2, 0) is 17.8 Å². The lowest BCUT2D eigenvalue weighted by Crippen LogP contribution is -2.40. The van der Waals surface area contributed by atoms with Crippen molar-refractivity contribution in [2.24, 2.45) is 0 Å². The van der Waals surface area contributed by atoms with Gasteiger partial charge in [-0.1, -0.05) is 36.4 Å². The number of aliphatic hydroxyl groups is 1. The summed E-state index contributed by atoms with van der Waals surface area (Å²) in [7, 11) is 0. The molecule has 0 spiro atoms. The van der Waals surface area contributed by atoms with Crippen molar-refractivity contribution in [1.29, 1.82) is 0 Å². The van der Waals surface area contributed by atoms with Crippen LogP contribution in [0.5, 0.6) is 0 Å². The van der Waals surface area contributed by atoms with Crippen LogP contribution in [0.3, 0.4) is 0 Å². The first-order valence-electron chi connectivity index (χ1n) is 9.76. The van der Waals surface area contributed by atoms with E-state index in [-0.39, 0.29) is 17.9 Å². The monoisotopic (exact) mass is 431 g/mol. The van der Waals surface area contributed by atoms with Gasteiger partial charge in [0.25, 0.3) is 0 Å². The van der Waals surface area contributed by atoms with Crippen molar-refractivity contribution in [3.63, 3.8) is 0 Å². The summed E-state index contributed by atoms with van der Waals surface area (Å²) >= 11 is 0. The number of benzene rings is 2.